The minimum atomic E-state index is 0.741. The number of guanidine groups is 1. The first-order valence-electron chi connectivity index (χ1n) is 9.48. The third kappa shape index (κ3) is 4.40. The minimum Gasteiger partial charge on any atom is -0.364 e. The lowest BCUT2D eigenvalue weighted by Crippen LogP contribution is -2.52. The monoisotopic (exact) mass is 379 g/mol. The molecule has 1 fully saturated rings. The number of hydrogen-bond donors (Lipinski definition) is 1. The molecule has 8 heteroatoms. The van der Waals surface area contributed by atoms with Crippen LogP contribution in [0.2, 0.25) is 0 Å². The van der Waals surface area contributed by atoms with E-state index < -0.39 is 0 Å². The molecule has 0 saturated carbocycles. The van der Waals surface area contributed by atoms with Crippen LogP contribution in [-0.4, -0.2) is 63.9 Å². The van der Waals surface area contributed by atoms with E-state index in [-0.39, 0.29) is 0 Å². The number of nitrogens with one attached hydrogen (secondary N) is 1. The smallest absolute Gasteiger partial charge is 0.194 e. The second kappa shape index (κ2) is 8.71. The molecule has 1 aromatic carbocycles. The standard InChI is InChI=1S/C20H25N7O/c1-21-20(26-12-10-25(11-13-26)16-18-7-14-28-24-18)22-15-17-3-5-19(6-4-17)27-9-2-8-23-27/h2-9,14H,10-13,15-16H2,1H3,(H,21,22). The van der Waals surface area contributed by atoms with Gasteiger partial charge in [-0.3, -0.25) is 9.89 Å². The Morgan fingerprint density at radius 3 is 2.61 bits per heavy atom. The molecule has 8 nitrogen and oxygen atoms in total. The van der Waals surface area contributed by atoms with Crippen LogP contribution in [0.3, 0.4) is 0 Å². The molecule has 0 aliphatic carbocycles. The summed E-state index contributed by atoms with van der Waals surface area (Å²) in [6.07, 6.45) is 5.35. The van der Waals surface area contributed by atoms with Gasteiger partial charge in [-0.05, 0) is 23.8 Å². The third-order valence-electron chi connectivity index (χ3n) is 4.92. The van der Waals surface area contributed by atoms with E-state index in [1.807, 2.05) is 30.1 Å². The van der Waals surface area contributed by atoms with Gasteiger partial charge in [0.05, 0.1) is 11.4 Å². The molecule has 1 N–H and O–H groups in total. The van der Waals surface area contributed by atoms with Crippen LogP contribution in [0.4, 0.5) is 0 Å². The average molecular weight is 379 g/mol. The summed E-state index contributed by atoms with van der Waals surface area (Å²) < 4.78 is 6.77. The summed E-state index contributed by atoms with van der Waals surface area (Å²) in [5, 5.41) is 11.7. The molecular formula is C20H25N7O. The molecule has 146 valence electrons. The lowest BCUT2D eigenvalue weighted by atomic mass is 10.2. The van der Waals surface area contributed by atoms with Gasteiger partial charge >= 0.3 is 0 Å². The fraction of sp³-hybridized carbons (Fsp3) is 0.350. The number of rotatable bonds is 5. The maximum Gasteiger partial charge on any atom is 0.194 e. The lowest BCUT2D eigenvalue weighted by Gasteiger charge is -2.36. The van der Waals surface area contributed by atoms with Crippen molar-refractivity contribution in [2.75, 3.05) is 33.2 Å². The van der Waals surface area contributed by atoms with E-state index in [2.05, 4.69) is 54.6 Å². The highest BCUT2D eigenvalue weighted by Gasteiger charge is 2.20. The van der Waals surface area contributed by atoms with Crippen LogP contribution in [0.1, 0.15) is 11.3 Å². The molecule has 3 heterocycles. The van der Waals surface area contributed by atoms with Crippen LogP contribution in [0.25, 0.3) is 5.69 Å². The van der Waals surface area contributed by atoms with E-state index in [0.717, 1.165) is 56.6 Å². The van der Waals surface area contributed by atoms with Crippen molar-refractivity contribution in [3.05, 3.63) is 66.3 Å². The zero-order chi connectivity index (χ0) is 19.2. The summed E-state index contributed by atoms with van der Waals surface area (Å²) in [6.45, 7) is 5.41. The van der Waals surface area contributed by atoms with Gasteiger partial charge in [0.1, 0.15) is 6.26 Å². The summed E-state index contributed by atoms with van der Waals surface area (Å²) in [6, 6.07) is 12.2. The predicted octanol–water partition coefficient (Wildman–Crippen LogP) is 1.75. The van der Waals surface area contributed by atoms with Crippen LogP contribution in [-0.2, 0) is 13.1 Å². The van der Waals surface area contributed by atoms with Crippen molar-refractivity contribution in [2.24, 2.45) is 4.99 Å². The number of benzene rings is 1. The fourth-order valence-electron chi connectivity index (χ4n) is 3.37. The Bertz CT molecular complexity index is 864. The Kier molecular flexibility index (Phi) is 5.67. The molecule has 1 aliphatic heterocycles. The highest BCUT2D eigenvalue weighted by atomic mass is 16.5. The first-order valence-corrected chi connectivity index (χ1v) is 9.48. The number of aliphatic imine (C=N–C) groups is 1. The topological polar surface area (TPSA) is 74.7 Å². The largest absolute Gasteiger partial charge is 0.364 e. The highest BCUT2D eigenvalue weighted by molar-refractivity contribution is 5.80. The number of nitrogens with zero attached hydrogens (tertiary/aromatic N) is 6. The van der Waals surface area contributed by atoms with Gasteiger partial charge in [0.2, 0.25) is 0 Å². The van der Waals surface area contributed by atoms with E-state index in [4.69, 9.17) is 4.52 Å². The number of piperazine rings is 1. The Morgan fingerprint density at radius 2 is 1.96 bits per heavy atom. The maximum atomic E-state index is 4.91. The van der Waals surface area contributed by atoms with E-state index >= 15 is 0 Å². The van der Waals surface area contributed by atoms with Crippen molar-refractivity contribution < 1.29 is 4.52 Å². The second-order valence-electron chi connectivity index (χ2n) is 6.77. The molecule has 0 bridgehead atoms. The minimum absolute atomic E-state index is 0.741. The zero-order valence-electron chi connectivity index (χ0n) is 16.0. The molecule has 3 aromatic rings. The van der Waals surface area contributed by atoms with Gasteiger partial charge in [-0.25, -0.2) is 4.68 Å². The molecule has 1 saturated heterocycles. The Morgan fingerprint density at radius 1 is 1.14 bits per heavy atom. The SMILES string of the molecule is CN=C(NCc1ccc(-n2cccn2)cc1)N1CCN(Cc2ccon2)CC1. The van der Waals surface area contributed by atoms with Crippen molar-refractivity contribution in [3.63, 3.8) is 0 Å². The van der Waals surface area contributed by atoms with Gasteiger partial charge in [0.15, 0.2) is 5.96 Å². The van der Waals surface area contributed by atoms with Crippen molar-refractivity contribution >= 4 is 5.96 Å². The quantitative estimate of drug-likeness (QED) is 0.538. The van der Waals surface area contributed by atoms with Gasteiger partial charge in [0.25, 0.3) is 0 Å². The molecular weight excluding hydrogens is 354 g/mol. The van der Waals surface area contributed by atoms with E-state index in [1.165, 1.54) is 5.56 Å². The summed E-state index contributed by atoms with van der Waals surface area (Å²) in [5.74, 6) is 0.942. The van der Waals surface area contributed by atoms with Crippen molar-refractivity contribution in [1.82, 2.24) is 30.1 Å². The first kappa shape index (κ1) is 18.2. The van der Waals surface area contributed by atoms with Crippen molar-refractivity contribution in [1.29, 1.82) is 0 Å². The van der Waals surface area contributed by atoms with Crippen LogP contribution in [0.5, 0.6) is 0 Å². The summed E-state index contributed by atoms with van der Waals surface area (Å²) in [7, 11) is 1.84. The van der Waals surface area contributed by atoms with E-state index in [9.17, 15) is 0 Å². The molecule has 4 rings (SSSR count). The van der Waals surface area contributed by atoms with Gasteiger partial charge in [-0.15, -0.1) is 0 Å². The number of hydrogen-bond acceptors (Lipinski definition) is 5. The lowest BCUT2D eigenvalue weighted by molar-refractivity contribution is 0.169. The van der Waals surface area contributed by atoms with Crippen molar-refractivity contribution in [2.45, 2.75) is 13.1 Å². The van der Waals surface area contributed by atoms with Gasteiger partial charge in [0, 0.05) is 64.8 Å². The van der Waals surface area contributed by atoms with E-state index in [1.54, 1.807) is 12.5 Å². The molecule has 0 amide bonds. The molecule has 0 atom stereocenters. The second-order valence-corrected chi connectivity index (χ2v) is 6.77. The molecule has 0 unspecified atom stereocenters. The maximum absolute atomic E-state index is 4.91. The zero-order valence-corrected chi connectivity index (χ0v) is 16.0. The first-order chi connectivity index (χ1) is 13.8. The van der Waals surface area contributed by atoms with Gasteiger partial charge in [-0.2, -0.15) is 5.10 Å². The van der Waals surface area contributed by atoms with E-state index in [0.29, 0.717) is 0 Å². The summed E-state index contributed by atoms with van der Waals surface area (Å²) in [5.41, 5.74) is 3.25. The normalized spacial score (nSPS) is 15.8. The highest BCUT2D eigenvalue weighted by Crippen LogP contribution is 2.10. The predicted molar refractivity (Wildman–Crippen MR) is 107 cm³/mol. The van der Waals surface area contributed by atoms with Crippen LogP contribution in [0, 0.1) is 0 Å². The Hall–Kier alpha value is -3.13. The summed E-state index contributed by atoms with van der Waals surface area (Å²) >= 11 is 0. The molecule has 28 heavy (non-hydrogen) atoms. The third-order valence-corrected chi connectivity index (χ3v) is 4.92. The average Bonchev–Trinajstić information content (AvgIpc) is 3.44. The molecule has 1 aliphatic rings. The van der Waals surface area contributed by atoms with Gasteiger partial charge in [-0.1, -0.05) is 17.3 Å². The summed E-state index contributed by atoms with van der Waals surface area (Å²) in [4.78, 5) is 9.14. The molecule has 2 aromatic heterocycles. The Balaban J connectivity index is 1.27. The van der Waals surface area contributed by atoms with Crippen LogP contribution < -0.4 is 5.32 Å². The molecule has 0 radical (unpaired) electrons. The fourth-order valence-corrected chi connectivity index (χ4v) is 3.37. The van der Waals surface area contributed by atoms with Crippen molar-refractivity contribution in [3.8, 4) is 5.69 Å². The van der Waals surface area contributed by atoms with Crippen LogP contribution in [0.15, 0.2) is 64.6 Å². The van der Waals surface area contributed by atoms with Crippen LogP contribution >= 0.6 is 0 Å². The number of aromatic nitrogens is 3. The Labute approximate surface area is 164 Å². The van der Waals surface area contributed by atoms with Gasteiger partial charge < -0.3 is 14.7 Å². The molecule has 0 spiro atoms.